The highest BCUT2D eigenvalue weighted by atomic mass is 32.2. The van der Waals surface area contributed by atoms with Gasteiger partial charge in [0, 0.05) is 13.1 Å². The minimum atomic E-state index is -3.64. The summed E-state index contributed by atoms with van der Waals surface area (Å²) in [4.78, 5) is 0.243. The molecular formula is C20H27N3O3S. The number of rotatable bonds is 7. The fourth-order valence-electron chi connectivity index (χ4n) is 3.07. The molecule has 7 heteroatoms. The molecule has 0 spiro atoms. The molecule has 0 radical (unpaired) electrons. The molecule has 1 aliphatic heterocycles. The van der Waals surface area contributed by atoms with Gasteiger partial charge >= 0.3 is 0 Å². The van der Waals surface area contributed by atoms with Crippen molar-refractivity contribution in [1.29, 1.82) is 0 Å². The van der Waals surface area contributed by atoms with Crippen LogP contribution in [0.5, 0.6) is 5.75 Å². The lowest BCUT2D eigenvalue weighted by Crippen LogP contribution is -2.35. The molecule has 0 saturated carbocycles. The Hall–Kier alpha value is -2.25. The summed E-state index contributed by atoms with van der Waals surface area (Å²) < 4.78 is 33.7. The van der Waals surface area contributed by atoms with Crippen molar-refractivity contribution in [3.05, 3.63) is 48.0 Å². The molecule has 2 N–H and O–H groups in total. The monoisotopic (exact) mass is 389 g/mol. The number of anilines is 2. The maximum atomic E-state index is 12.7. The van der Waals surface area contributed by atoms with Crippen molar-refractivity contribution in [3.8, 4) is 5.75 Å². The zero-order chi connectivity index (χ0) is 19.3. The van der Waals surface area contributed by atoms with Crippen LogP contribution in [0.3, 0.4) is 0 Å². The molecule has 0 atom stereocenters. The Bertz CT molecular complexity index is 861. The topological polar surface area (TPSA) is 70.7 Å². The Morgan fingerprint density at radius 3 is 2.41 bits per heavy atom. The Kier molecular flexibility index (Phi) is 6.23. The zero-order valence-electron chi connectivity index (χ0n) is 15.9. The molecule has 0 aromatic heterocycles. The molecule has 2 aromatic carbocycles. The van der Waals surface area contributed by atoms with E-state index in [4.69, 9.17) is 4.74 Å². The van der Waals surface area contributed by atoms with Gasteiger partial charge in [-0.1, -0.05) is 24.1 Å². The molecule has 146 valence electrons. The lowest BCUT2D eigenvalue weighted by molar-refractivity contribution is 0.270. The van der Waals surface area contributed by atoms with Gasteiger partial charge in [-0.25, -0.2) is 13.4 Å². The van der Waals surface area contributed by atoms with Gasteiger partial charge in [-0.2, -0.15) is 0 Å². The second-order valence-electron chi connectivity index (χ2n) is 6.72. The van der Waals surface area contributed by atoms with Gasteiger partial charge < -0.3 is 10.2 Å². The van der Waals surface area contributed by atoms with Crippen LogP contribution in [0.4, 0.5) is 11.4 Å². The first-order valence-corrected chi connectivity index (χ1v) is 10.8. The fraction of sp³-hybridized carbons (Fsp3) is 0.400. The number of aryl methyl sites for hydroxylation is 1. The van der Waals surface area contributed by atoms with E-state index < -0.39 is 10.0 Å². The van der Waals surface area contributed by atoms with Crippen LogP contribution in [0.25, 0.3) is 0 Å². The number of hydrazine groups is 1. The number of nitrogens with one attached hydrogen (secondary N) is 2. The van der Waals surface area contributed by atoms with Crippen molar-refractivity contribution in [2.75, 3.05) is 29.8 Å². The molecule has 0 unspecified atom stereocenters. The van der Waals surface area contributed by atoms with Crippen LogP contribution in [-0.4, -0.2) is 33.1 Å². The van der Waals surface area contributed by atoms with E-state index in [9.17, 15) is 8.42 Å². The van der Waals surface area contributed by atoms with Crippen molar-refractivity contribution >= 4 is 21.4 Å². The van der Waals surface area contributed by atoms with Crippen LogP contribution in [0.2, 0.25) is 0 Å². The first kappa shape index (κ1) is 19.5. The third-order valence-corrected chi connectivity index (χ3v) is 5.89. The van der Waals surface area contributed by atoms with Crippen molar-refractivity contribution in [2.45, 2.75) is 38.0 Å². The third-order valence-electron chi connectivity index (χ3n) is 4.50. The Balaban J connectivity index is 1.82. The molecule has 6 nitrogen and oxygen atoms in total. The normalized spacial score (nSPS) is 15.3. The molecule has 0 bridgehead atoms. The van der Waals surface area contributed by atoms with Gasteiger partial charge in [0.25, 0.3) is 10.0 Å². The van der Waals surface area contributed by atoms with Gasteiger partial charge in [0.2, 0.25) is 0 Å². The number of hydrogen-bond acceptors (Lipinski definition) is 5. The number of benzene rings is 2. The van der Waals surface area contributed by atoms with E-state index in [-0.39, 0.29) is 4.90 Å². The summed E-state index contributed by atoms with van der Waals surface area (Å²) >= 11 is 0. The molecule has 1 heterocycles. The second kappa shape index (κ2) is 8.63. The number of sulfonamides is 1. The maximum absolute atomic E-state index is 12.7. The molecule has 27 heavy (non-hydrogen) atoms. The number of hydrogen-bond donors (Lipinski definition) is 2. The summed E-state index contributed by atoms with van der Waals surface area (Å²) in [6.45, 7) is 6.33. The quantitative estimate of drug-likeness (QED) is 0.749. The summed E-state index contributed by atoms with van der Waals surface area (Å²) in [5.74, 6) is 0.710. The third kappa shape index (κ3) is 5.14. The van der Waals surface area contributed by atoms with E-state index in [0.717, 1.165) is 37.2 Å². The van der Waals surface area contributed by atoms with E-state index in [1.807, 2.05) is 13.8 Å². The van der Waals surface area contributed by atoms with Crippen molar-refractivity contribution in [3.63, 3.8) is 0 Å². The molecule has 0 amide bonds. The van der Waals surface area contributed by atoms with Crippen LogP contribution in [-0.2, 0) is 10.0 Å². The standard InChI is InChI=1S/C20H27N3O3S/c1-3-26-20-12-9-17(15-19(20)21-23-13-5-4-6-14-23)22-27(24,25)18-10-7-16(2)8-11-18/h7-12,15,21-22H,3-6,13-14H2,1-2H3. The van der Waals surface area contributed by atoms with Crippen molar-refractivity contribution < 1.29 is 13.2 Å². The van der Waals surface area contributed by atoms with Gasteiger partial charge in [-0.15, -0.1) is 0 Å². The predicted molar refractivity (Wildman–Crippen MR) is 109 cm³/mol. The number of nitrogens with zero attached hydrogens (tertiary/aromatic N) is 1. The average Bonchev–Trinajstić information content (AvgIpc) is 2.65. The van der Waals surface area contributed by atoms with Gasteiger partial charge in [0.15, 0.2) is 0 Å². The summed E-state index contributed by atoms with van der Waals surface area (Å²) in [6, 6.07) is 12.1. The summed E-state index contributed by atoms with van der Waals surface area (Å²) in [5.41, 5.74) is 5.66. The van der Waals surface area contributed by atoms with E-state index in [1.165, 1.54) is 6.42 Å². The number of ether oxygens (including phenoxy) is 1. The maximum Gasteiger partial charge on any atom is 0.261 e. The van der Waals surface area contributed by atoms with Gasteiger partial charge in [0.1, 0.15) is 5.75 Å². The summed E-state index contributed by atoms with van der Waals surface area (Å²) in [7, 11) is -3.64. The van der Waals surface area contributed by atoms with Gasteiger partial charge in [0.05, 0.1) is 22.9 Å². The molecular weight excluding hydrogens is 362 g/mol. The molecule has 1 aliphatic rings. The minimum Gasteiger partial charge on any atom is -0.492 e. The largest absolute Gasteiger partial charge is 0.492 e. The van der Waals surface area contributed by atoms with E-state index >= 15 is 0 Å². The second-order valence-corrected chi connectivity index (χ2v) is 8.40. The summed E-state index contributed by atoms with van der Waals surface area (Å²) in [6.07, 6.45) is 3.54. The summed E-state index contributed by atoms with van der Waals surface area (Å²) in [5, 5.41) is 2.15. The zero-order valence-corrected chi connectivity index (χ0v) is 16.7. The smallest absolute Gasteiger partial charge is 0.261 e. The molecule has 1 saturated heterocycles. The van der Waals surface area contributed by atoms with Crippen LogP contribution in [0, 0.1) is 6.92 Å². The Labute approximate surface area is 161 Å². The van der Waals surface area contributed by atoms with Gasteiger partial charge in [-0.3, -0.25) is 4.72 Å². The molecule has 1 fully saturated rings. The highest BCUT2D eigenvalue weighted by Gasteiger charge is 2.17. The van der Waals surface area contributed by atoms with E-state index in [2.05, 4.69) is 15.2 Å². The lowest BCUT2D eigenvalue weighted by Gasteiger charge is -2.29. The van der Waals surface area contributed by atoms with Crippen LogP contribution >= 0.6 is 0 Å². The van der Waals surface area contributed by atoms with Crippen molar-refractivity contribution in [2.24, 2.45) is 0 Å². The van der Waals surface area contributed by atoms with E-state index in [1.54, 1.807) is 42.5 Å². The Morgan fingerprint density at radius 2 is 1.74 bits per heavy atom. The molecule has 0 aliphatic carbocycles. The van der Waals surface area contributed by atoms with Gasteiger partial charge in [-0.05, 0) is 57.0 Å². The highest BCUT2D eigenvalue weighted by molar-refractivity contribution is 7.92. The minimum absolute atomic E-state index is 0.243. The van der Waals surface area contributed by atoms with Crippen molar-refractivity contribution in [1.82, 2.24) is 5.01 Å². The van der Waals surface area contributed by atoms with Crippen LogP contribution in [0.1, 0.15) is 31.7 Å². The molecule has 3 rings (SSSR count). The first-order chi connectivity index (χ1) is 13.0. The van der Waals surface area contributed by atoms with E-state index in [0.29, 0.717) is 18.0 Å². The SMILES string of the molecule is CCOc1ccc(NS(=O)(=O)c2ccc(C)cc2)cc1NN1CCCCC1. The molecule has 2 aromatic rings. The first-order valence-electron chi connectivity index (χ1n) is 9.36. The van der Waals surface area contributed by atoms with Crippen LogP contribution < -0.4 is 14.9 Å². The fourth-order valence-corrected chi connectivity index (χ4v) is 4.12. The average molecular weight is 390 g/mol. The number of piperidine rings is 1. The van der Waals surface area contributed by atoms with Crippen LogP contribution in [0.15, 0.2) is 47.4 Å². The lowest BCUT2D eigenvalue weighted by atomic mass is 10.2. The Morgan fingerprint density at radius 1 is 1.04 bits per heavy atom. The predicted octanol–water partition coefficient (Wildman–Crippen LogP) is 4.01. The highest BCUT2D eigenvalue weighted by Crippen LogP contribution is 2.30.